The van der Waals surface area contributed by atoms with Crippen molar-refractivity contribution < 1.29 is 8.42 Å². The molecule has 0 radical (unpaired) electrons. The van der Waals surface area contributed by atoms with E-state index in [0.29, 0.717) is 18.2 Å². The molecule has 1 unspecified atom stereocenters. The maximum absolute atomic E-state index is 11.6. The van der Waals surface area contributed by atoms with E-state index in [1.807, 2.05) is 6.92 Å². The third-order valence-electron chi connectivity index (χ3n) is 2.94. The van der Waals surface area contributed by atoms with E-state index in [4.69, 9.17) is 10.9 Å². The van der Waals surface area contributed by atoms with Crippen molar-refractivity contribution in [3.8, 4) is 0 Å². The zero-order chi connectivity index (χ0) is 14.7. The molecular formula is C13H23N3O2S. The van der Waals surface area contributed by atoms with Gasteiger partial charge in [-0.1, -0.05) is 26.0 Å². The van der Waals surface area contributed by atoms with Gasteiger partial charge >= 0.3 is 0 Å². The maximum atomic E-state index is 11.6. The van der Waals surface area contributed by atoms with Gasteiger partial charge in [-0.05, 0) is 31.4 Å². The summed E-state index contributed by atoms with van der Waals surface area (Å²) in [6.45, 7) is 6.58. The molecule has 0 heterocycles. The summed E-state index contributed by atoms with van der Waals surface area (Å²) < 4.78 is 23.1. The van der Waals surface area contributed by atoms with Crippen molar-refractivity contribution in [3.05, 3.63) is 24.3 Å². The first-order valence-corrected chi connectivity index (χ1v) is 7.83. The Morgan fingerprint density at radius 3 is 2.37 bits per heavy atom. The molecule has 0 spiro atoms. The van der Waals surface area contributed by atoms with Gasteiger partial charge in [-0.15, -0.1) is 0 Å². The molecular weight excluding hydrogens is 262 g/mol. The fraction of sp³-hybridized carbons (Fsp3) is 0.538. The molecule has 19 heavy (non-hydrogen) atoms. The van der Waals surface area contributed by atoms with E-state index in [9.17, 15) is 8.42 Å². The van der Waals surface area contributed by atoms with Gasteiger partial charge in [0.1, 0.15) is 4.90 Å². The van der Waals surface area contributed by atoms with Crippen LogP contribution in [-0.2, 0) is 10.0 Å². The van der Waals surface area contributed by atoms with Crippen molar-refractivity contribution in [1.82, 2.24) is 0 Å². The monoisotopic (exact) mass is 285 g/mol. The van der Waals surface area contributed by atoms with Crippen LogP contribution in [0.2, 0.25) is 0 Å². The first kappa shape index (κ1) is 15.9. The third kappa shape index (κ3) is 4.49. The standard InChI is InChI=1S/C13H23N3O2S/c1-10(2)8-13(3,9-14)16-11-6-4-5-7-12(11)19(15,17)18/h4-7,10,16H,8-9,14H2,1-3H3,(H2,15,17,18). The number of nitrogens with one attached hydrogen (secondary N) is 1. The highest BCUT2D eigenvalue weighted by molar-refractivity contribution is 7.89. The average molecular weight is 285 g/mol. The highest BCUT2D eigenvalue weighted by Gasteiger charge is 2.25. The van der Waals surface area contributed by atoms with E-state index in [2.05, 4.69) is 19.2 Å². The lowest BCUT2D eigenvalue weighted by Crippen LogP contribution is -2.44. The number of hydrogen-bond donors (Lipinski definition) is 3. The number of anilines is 1. The molecule has 1 rings (SSSR count). The van der Waals surface area contributed by atoms with Gasteiger partial charge in [0.2, 0.25) is 10.0 Å². The zero-order valence-electron chi connectivity index (χ0n) is 11.7. The summed E-state index contributed by atoms with van der Waals surface area (Å²) in [4.78, 5) is 0.0958. The average Bonchev–Trinajstić information content (AvgIpc) is 2.27. The predicted octanol–water partition coefficient (Wildman–Crippen LogP) is 1.51. The summed E-state index contributed by atoms with van der Waals surface area (Å²) in [5.74, 6) is 0.447. The molecule has 1 atom stereocenters. The van der Waals surface area contributed by atoms with Crippen LogP contribution in [0.25, 0.3) is 0 Å². The molecule has 1 aromatic rings. The molecule has 0 amide bonds. The minimum atomic E-state index is -3.75. The van der Waals surface area contributed by atoms with E-state index in [1.165, 1.54) is 6.07 Å². The van der Waals surface area contributed by atoms with E-state index >= 15 is 0 Å². The highest BCUT2D eigenvalue weighted by atomic mass is 32.2. The molecule has 0 bridgehead atoms. The van der Waals surface area contributed by atoms with Crippen LogP contribution in [0, 0.1) is 5.92 Å². The first-order valence-electron chi connectivity index (χ1n) is 6.28. The Hall–Kier alpha value is -1.11. The van der Waals surface area contributed by atoms with Crippen LogP contribution in [0.1, 0.15) is 27.2 Å². The van der Waals surface area contributed by atoms with Gasteiger partial charge in [0.05, 0.1) is 5.69 Å². The molecule has 0 aliphatic carbocycles. The first-order chi connectivity index (χ1) is 8.68. The Bertz CT molecular complexity index is 528. The minimum Gasteiger partial charge on any atom is -0.378 e. The maximum Gasteiger partial charge on any atom is 0.240 e. The number of sulfonamides is 1. The number of benzene rings is 1. The Balaban J connectivity index is 3.11. The summed E-state index contributed by atoms with van der Waals surface area (Å²) in [6.07, 6.45) is 0.836. The van der Waals surface area contributed by atoms with Crippen molar-refractivity contribution in [3.63, 3.8) is 0 Å². The van der Waals surface area contributed by atoms with E-state index in [1.54, 1.807) is 18.2 Å². The molecule has 0 fully saturated rings. The smallest absolute Gasteiger partial charge is 0.240 e. The van der Waals surface area contributed by atoms with Gasteiger partial charge in [-0.25, -0.2) is 13.6 Å². The second-order valence-electron chi connectivity index (χ2n) is 5.53. The molecule has 6 heteroatoms. The van der Waals surface area contributed by atoms with Gasteiger partial charge < -0.3 is 11.1 Å². The summed E-state index contributed by atoms with van der Waals surface area (Å²) >= 11 is 0. The number of hydrogen-bond acceptors (Lipinski definition) is 4. The van der Waals surface area contributed by atoms with Crippen LogP contribution in [-0.4, -0.2) is 20.5 Å². The van der Waals surface area contributed by atoms with Crippen molar-refractivity contribution >= 4 is 15.7 Å². The topological polar surface area (TPSA) is 98.2 Å². The number of rotatable bonds is 6. The fourth-order valence-electron chi connectivity index (χ4n) is 2.23. The molecule has 5 nitrogen and oxygen atoms in total. The van der Waals surface area contributed by atoms with Crippen molar-refractivity contribution in [1.29, 1.82) is 0 Å². The highest BCUT2D eigenvalue weighted by Crippen LogP contribution is 2.26. The van der Waals surface area contributed by atoms with Gasteiger partial charge in [-0.3, -0.25) is 0 Å². The molecule has 108 valence electrons. The Morgan fingerprint density at radius 2 is 1.89 bits per heavy atom. The molecule has 0 aliphatic heterocycles. The van der Waals surface area contributed by atoms with Crippen LogP contribution in [0.4, 0.5) is 5.69 Å². The Labute approximate surface area is 115 Å². The largest absolute Gasteiger partial charge is 0.378 e. The summed E-state index contributed by atoms with van der Waals surface area (Å²) in [6, 6.07) is 6.61. The number of primary sulfonamides is 1. The van der Waals surface area contributed by atoms with Crippen molar-refractivity contribution in [2.45, 2.75) is 37.6 Å². The predicted molar refractivity (Wildman–Crippen MR) is 78.4 cm³/mol. The Kier molecular flexibility index (Phi) is 4.95. The van der Waals surface area contributed by atoms with E-state index < -0.39 is 10.0 Å². The summed E-state index contributed by atoms with van der Waals surface area (Å²) in [5.41, 5.74) is 5.95. The van der Waals surface area contributed by atoms with Gasteiger partial charge in [-0.2, -0.15) is 0 Å². The van der Waals surface area contributed by atoms with Gasteiger partial charge in [0.15, 0.2) is 0 Å². The molecule has 0 saturated heterocycles. The van der Waals surface area contributed by atoms with Crippen molar-refractivity contribution in [2.24, 2.45) is 16.8 Å². The van der Waals surface area contributed by atoms with Crippen LogP contribution < -0.4 is 16.2 Å². The molecule has 0 aliphatic rings. The number of nitrogens with two attached hydrogens (primary N) is 2. The molecule has 1 aromatic carbocycles. The lowest BCUT2D eigenvalue weighted by atomic mass is 9.90. The van der Waals surface area contributed by atoms with Crippen LogP contribution in [0.5, 0.6) is 0 Å². The lowest BCUT2D eigenvalue weighted by Gasteiger charge is -2.33. The second-order valence-corrected chi connectivity index (χ2v) is 7.06. The quantitative estimate of drug-likeness (QED) is 0.738. The van der Waals surface area contributed by atoms with Gasteiger partial charge in [0, 0.05) is 12.1 Å². The van der Waals surface area contributed by atoms with Crippen LogP contribution in [0.15, 0.2) is 29.2 Å². The van der Waals surface area contributed by atoms with Gasteiger partial charge in [0.25, 0.3) is 0 Å². The minimum absolute atomic E-state index is 0.0958. The summed E-state index contributed by atoms with van der Waals surface area (Å²) in [7, 11) is -3.75. The third-order valence-corrected chi connectivity index (χ3v) is 3.91. The zero-order valence-corrected chi connectivity index (χ0v) is 12.5. The number of para-hydroxylation sites is 1. The molecule has 0 aromatic heterocycles. The van der Waals surface area contributed by atoms with E-state index in [0.717, 1.165) is 6.42 Å². The Morgan fingerprint density at radius 1 is 1.32 bits per heavy atom. The summed E-state index contributed by atoms with van der Waals surface area (Å²) in [5, 5.41) is 8.45. The van der Waals surface area contributed by atoms with Crippen LogP contribution in [0.3, 0.4) is 0 Å². The fourth-order valence-corrected chi connectivity index (χ4v) is 2.92. The lowest BCUT2D eigenvalue weighted by molar-refractivity contribution is 0.406. The van der Waals surface area contributed by atoms with Crippen molar-refractivity contribution in [2.75, 3.05) is 11.9 Å². The van der Waals surface area contributed by atoms with E-state index in [-0.39, 0.29) is 10.4 Å². The second kappa shape index (κ2) is 5.90. The molecule has 5 N–H and O–H groups in total. The normalized spacial score (nSPS) is 15.3. The van der Waals surface area contributed by atoms with Crippen LogP contribution >= 0.6 is 0 Å². The SMILES string of the molecule is CC(C)CC(C)(CN)Nc1ccccc1S(N)(=O)=O. The molecule has 0 saturated carbocycles.